The summed E-state index contributed by atoms with van der Waals surface area (Å²) in [5.74, 6) is -0.329. The van der Waals surface area contributed by atoms with Gasteiger partial charge in [0.2, 0.25) is 5.43 Å². The molecule has 0 bridgehead atoms. The van der Waals surface area contributed by atoms with Crippen molar-refractivity contribution >= 4 is 0 Å². The van der Waals surface area contributed by atoms with Crippen LogP contribution in [0.3, 0.4) is 0 Å². The Balaban J connectivity index is 2.43. The lowest BCUT2D eigenvalue weighted by Crippen LogP contribution is -2.28. The first-order chi connectivity index (χ1) is 9.47. The van der Waals surface area contributed by atoms with Gasteiger partial charge in [0, 0.05) is 24.3 Å². The van der Waals surface area contributed by atoms with Gasteiger partial charge in [-0.25, -0.2) is 9.07 Å². The number of rotatable bonds is 4. The zero-order valence-electron chi connectivity index (χ0n) is 11.9. The third-order valence-corrected chi connectivity index (χ3v) is 2.91. The lowest BCUT2D eigenvalue weighted by Gasteiger charge is -2.12. The highest BCUT2D eigenvalue weighted by atomic mass is 19.1. The van der Waals surface area contributed by atoms with Crippen LogP contribution >= 0.6 is 0 Å². The van der Waals surface area contributed by atoms with Crippen LogP contribution in [0, 0.1) is 12.7 Å². The molecule has 20 heavy (non-hydrogen) atoms. The van der Waals surface area contributed by atoms with Gasteiger partial charge in [-0.05, 0) is 25.1 Å². The minimum absolute atomic E-state index is 0.108. The number of hydrogen-bond donors (Lipinski definition) is 1. The number of aromatic nitrogens is 2. The molecule has 0 saturated heterocycles. The van der Waals surface area contributed by atoms with Crippen LogP contribution in [0.4, 0.5) is 4.39 Å². The first-order valence-corrected chi connectivity index (χ1v) is 6.56. The summed E-state index contributed by atoms with van der Waals surface area (Å²) in [7, 11) is 0. The summed E-state index contributed by atoms with van der Waals surface area (Å²) in [5, 5.41) is 7.49. The van der Waals surface area contributed by atoms with E-state index in [-0.39, 0.29) is 17.3 Å². The van der Waals surface area contributed by atoms with E-state index in [0.29, 0.717) is 23.6 Å². The summed E-state index contributed by atoms with van der Waals surface area (Å²) >= 11 is 0. The maximum absolute atomic E-state index is 13.3. The smallest absolute Gasteiger partial charge is 0.204 e. The van der Waals surface area contributed by atoms with Gasteiger partial charge in [0.25, 0.3) is 0 Å². The zero-order chi connectivity index (χ0) is 14.7. The molecule has 0 atom stereocenters. The molecular formula is C15H18FN3O. The van der Waals surface area contributed by atoms with Crippen molar-refractivity contribution in [3.63, 3.8) is 0 Å². The Kier molecular flexibility index (Phi) is 4.29. The molecule has 106 valence electrons. The number of aryl methyl sites for hydroxylation is 1. The van der Waals surface area contributed by atoms with Gasteiger partial charge in [-0.1, -0.05) is 19.9 Å². The molecule has 1 aromatic heterocycles. The van der Waals surface area contributed by atoms with Crippen LogP contribution in [0.5, 0.6) is 0 Å². The van der Waals surface area contributed by atoms with Crippen molar-refractivity contribution in [3.8, 4) is 5.69 Å². The van der Waals surface area contributed by atoms with Crippen LogP contribution < -0.4 is 10.7 Å². The summed E-state index contributed by atoms with van der Waals surface area (Å²) in [6.07, 6.45) is 0. The fourth-order valence-corrected chi connectivity index (χ4v) is 1.88. The highest BCUT2D eigenvalue weighted by Crippen LogP contribution is 2.10. The van der Waals surface area contributed by atoms with Crippen molar-refractivity contribution in [2.24, 2.45) is 0 Å². The Morgan fingerprint density at radius 1 is 1.35 bits per heavy atom. The molecule has 0 unspecified atom stereocenters. The highest BCUT2D eigenvalue weighted by molar-refractivity contribution is 5.33. The van der Waals surface area contributed by atoms with Crippen molar-refractivity contribution in [1.82, 2.24) is 15.1 Å². The Bertz CT molecular complexity index is 664. The van der Waals surface area contributed by atoms with E-state index in [1.807, 2.05) is 13.8 Å². The number of halogens is 1. The number of nitrogens with one attached hydrogen (secondary N) is 1. The van der Waals surface area contributed by atoms with Gasteiger partial charge in [0.15, 0.2) is 0 Å². The van der Waals surface area contributed by atoms with Crippen molar-refractivity contribution in [1.29, 1.82) is 0 Å². The van der Waals surface area contributed by atoms with Crippen molar-refractivity contribution in [2.75, 3.05) is 0 Å². The molecule has 0 aliphatic heterocycles. The van der Waals surface area contributed by atoms with Gasteiger partial charge >= 0.3 is 0 Å². The molecule has 1 heterocycles. The lowest BCUT2D eigenvalue weighted by atomic mass is 10.2. The molecule has 0 fully saturated rings. The first-order valence-electron chi connectivity index (χ1n) is 6.56. The predicted octanol–water partition coefficient (Wildman–Crippen LogP) is 2.18. The van der Waals surface area contributed by atoms with Crippen LogP contribution in [0.2, 0.25) is 0 Å². The third-order valence-electron chi connectivity index (χ3n) is 2.91. The fraction of sp³-hybridized carbons (Fsp3) is 0.333. The maximum Gasteiger partial charge on any atom is 0.204 e. The topological polar surface area (TPSA) is 46.9 Å². The molecule has 0 spiro atoms. The average molecular weight is 275 g/mol. The van der Waals surface area contributed by atoms with Gasteiger partial charge < -0.3 is 5.32 Å². The van der Waals surface area contributed by atoms with Gasteiger partial charge in [-0.2, -0.15) is 5.10 Å². The van der Waals surface area contributed by atoms with Crippen LogP contribution in [0.1, 0.15) is 25.2 Å². The van der Waals surface area contributed by atoms with E-state index in [1.54, 1.807) is 23.7 Å². The molecule has 1 aromatic carbocycles. The van der Waals surface area contributed by atoms with Gasteiger partial charge in [0.1, 0.15) is 11.5 Å². The van der Waals surface area contributed by atoms with Crippen LogP contribution in [-0.2, 0) is 6.54 Å². The Hall–Kier alpha value is -2.01. The molecule has 4 nitrogen and oxygen atoms in total. The van der Waals surface area contributed by atoms with E-state index >= 15 is 0 Å². The lowest BCUT2D eigenvalue weighted by molar-refractivity contribution is 0.567. The first kappa shape index (κ1) is 14.4. The predicted molar refractivity (Wildman–Crippen MR) is 76.5 cm³/mol. The largest absolute Gasteiger partial charge is 0.309 e. The molecule has 2 rings (SSSR count). The summed E-state index contributed by atoms with van der Waals surface area (Å²) in [4.78, 5) is 11.9. The molecule has 1 N–H and O–H groups in total. The number of benzene rings is 1. The second-order valence-corrected chi connectivity index (χ2v) is 5.02. The van der Waals surface area contributed by atoms with Crippen molar-refractivity contribution < 1.29 is 4.39 Å². The van der Waals surface area contributed by atoms with E-state index in [2.05, 4.69) is 10.4 Å². The summed E-state index contributed by atoms with van der Waals surface area (Å²) in [6, 6.07) is 7.94. The molecule has 0 radical (unpaired) electrons. The second-order valence-electron chi connectivity index (χ2n) is 5.02. The minimum atomic E-state index is -0.329. The van der Waals surface area contributed by atoms with E-state index in [1.165, 1.54) is 18.2 Å². The molecular weight excluding hydrogens is 257 g/mol. The molecule has 5 heteroatoms. The summed E-state index contributed by atoms with van der Waals surface area (Å²) < 4.78 is 14.9. The normalized spacial score (nSPS) is 11.1. The van der Waals surface area contributed by atoms with E-state index < -0.39 is 0 Å². The quantitative estimate of drug-likeness (QED) is 0.930. The molecule has 0 aliphatic carbocycles. The maximum atomic E-state index is 13.3. The van der Waals surface area contributed by atoms with Crippen LogP contribution in [0.25, 0.3) is 5.69 Å². The van der Waals surface area contributed by atoms with E-state index in [0.717, 1.165) is 0 Å². The SMILES string of the molecule is Cc1cc(=O)c(CNC(C)C)nn1-c1cccc(F)c1. The van der Waals surface area contributed by atoms with Crippen molar-refractivity contribution in [3.05, 3.63) is 57.8 Å². The number of hydrogen-bond acceptors (Lipinski definition) is 3. The van der Waals surface area contributed by atoms with Gasteiger partial charge in [0.05, 0.1) is 5.69 Å². The minimum Gasteiger partial charge on any atom is -0.309 e. The van der Waals surface area contributed by atoms with E-state index in [9.17, 15) is 9.18 Å². The van der Waals surface area contributed by atoms with Crippen LogP contribution in [-0.4, -0.2) is 15.8 Å². The van der Waals surface area contributed by atoms with Crippen molar-refractivity contribution in [2.45, 2.75) is 33.4 Å². The Labute approximate surface area is 117 Å². The second kappa shape index (κ2) is 5.96. The van der Waals surface area contributed by atoms with E-state index in [4.69, 9.17) is 0 Å². The Morgan fingerprint density at radius 3 is 2.75 bits per heavy atom. The molecule has 2 aromatic rings. The fourth-order valence-electron chi connectivity index (χ4n) is 1.88. The van der Waals surface area contributed by atoms with Gasteiger partial charge in [-0.15, -0.1) is 0 Å². The molecule has 0 amide bonds. The third kappa shape index (κ3) is 3.30. The average Bonchev–Trinajstić information content (AvgIpc) is 2.37. The van der Waals surface area contributed by atoms with Crippen LogP contribution in [0.15, 0.2) is 35.1 Å². The number of nitrogens with zero attached hydrogens (tertiary/aromatic N) is 2. The summed E-state index contributed by atoms with van der Waals surface area (Å²) in [5.41, 5.74) is 1.60. The highest BCUT2D eigenvalue weighted by Gasteiger charge is 2.08. The molecule has 0 saturated carbocycles. The monoisotopic (exact) mass is 275 g/mol. The summed E-state index contributed by atoms with van der Waals surface area (Å²) in [6.45, 7) is 6.17. The molecule has 0 aliphatic rings. The standard InChI is InChI=1S/C15H18FN3O/c1-10(2)17-9-14-15(20)7-11(3)19(18-14)13-6-4-5-12(16)8-13/h4-8,10,17H,9H2,1-3H3. The zero-order valence-corrected chi connectivity index (χ0v) is 11.9. The van der Waals surface area contributed by atoms with Gasteiger partial charge in [-0.3, -0.25) is 4.79 Å². The Morgan fingerprint density at radius 2 is 2.10 bits per heavy atom.